The molecule has 12 bridgehead atoms. The first kappa shape index (κ1) is 36.4. The minimum absolute atomic E-state index is 0.0158. The van der Waals surface area contributed by atoms with Gasteiger partial charge in [-0.05, 0) is 62.0 Å². The van der Waals surface area contributed by atoms with Gasteiger partial charge in [0.25, 0.3) is 0 Å². The van der Waals surface area contributed by atoms with Gasteiger partial charge in [-0.1, -0.05) is 20.1 Å². The molecule has 10 heterocycles. The molecule has 12 heteroatoms. The van der Waals surface area contributed by atoms with E-state index in [4.69, 9.17) is 48.4 Å². The van der Waals surface area contributed by atoms with Crippen LogP contribution in [-0.4, -0.2) is 128 Å². The number of aliphatic hydroxyl groups is 1. The molecule has 10 aliphatic heterocycles. The fraction of sp³-hybridized carbons (Fsp3) is 0.875. The van der Waals surface area contributed by atoms with Gasteiger partial charge in [0.2, 0.25) is 0 Å². The van der Waals surface area contributed by atoms with E-state index >= 15 is 0 Å². The number of ketones is 1. The zero-order chi connectivity index (χ0) is 35.9. The van der Waals surface area contributed by atoms with E-state index in [1.54, 1.807) is 7.11 Å². The fourth-order valence-electron chi connectivity index (χ4n) is 11.3. The third kappa shape index (κ3) is 6.59. The normalized spacial score (nSPS) is 52.4. The van der Waals surface area contributed by atoms with E-state index in [1.165, 1.54) is 0 Å². The van der Waals surface area contributed by atoms with Gasteiger partial charge in [-0.25, -0.2) is 0 Å². The van der Waals surface area contributed by atoms with Crippen molar-refractivity contribution in [2.24, 2.45) is 17.6 Å². The lowest BCUT2D eigenvalue weighted by Crippen LogP contribution is -2.61. The van der Waals surface area contributed by atoms with Crippen molar-refractivity contribution in [2.75, 3.05) is 13.7 Å². The molecule has 10 fully saturated rings. The quantitative estimate of drug-likeness (QED) is 0.409. The number of rotatable bonds is 4. The van der Waals surface area contributed by atoms with Crippen LogP contribution in [0, 0.1) is 11.8 Å². The van der Waals surface area contributed by atoms with Gasteiger partial charge >= 0.3 is 0 Å². The summed E-state index contributed by atoms with van der Waals surface area (Å²) < 4.78 is 60.0. The first-order valence-corrected chi connectivity index (χ1v) is 20.2. The number of aliphatic hydroxyl groups excluding tert-OH is 1. The van der Waals surface area contributed by atoms with Crippen LogP contribution >= 0.6 is 0 Å². The molecule has 10 aliphatic rings. The Bertz CT molecular complexity index is 1380. The Kier molecular flexibility index (Phi) is 10.0. The van der Waals surface area contributed by atoms with Crippen molar-refractivity contribution in [3.63, 3.8) is 0 Å². The van der Waals surface area contributed by atoms with E-state index in [0.717, 1.165) is 56.1 Å². The van der Waals surface area contributed by atoms with Crippen molar-refractivity contribution in [3.05, 3.63) is 24.3 Å². The minimum Gasteiger partial charge on any atom is -0.392 e. The van der Waals surface area contributed by atoms with Gasteiger partial charge in [0.05, 0.1) is 67.1 Å². The van der Waals surface area contributed by atoms with Crippen molar-refractivity contribution in [2.45, 2.75) is 194 Å². The number of methoxy groups -OCH3 is 1. The summed E-state index contributed by atoms with van der Waals surface area (Å²) in [6.07, 6.45) is 4.85. The molecule has 10 rings (SSSR count). The van der Waals surface area contributed by atoms with Crippen LogP contribution in [0.4, 0.5) is 0 Å². The first-order chi connectivity index (χ1) is 25.1. The number of ether oxygens (including phenoxy) is 9. The van der Waals surface area contributed by atoms with Crippen molar-refractivity contribution in [1.82, 2.24) is 0 Å². The highest BCUT2D eigenvalue weighted by atomic mass is 16.8. The molecule has 3 N–H and O–H groups in total. The molecule has 0 amide bonds. The number of Topliss-reactive ketones (excluding diaryl/α,β-unsaturated/α-hetero) is 1. The largest absolute Gasteiger partial charge is 0.392 e. The third-order valence-electron chi connectivity index (χ3n) is 14.0. The number of fused-ring (bicyclic) bond motifs is 6. The van der Waals surface area contributed by atoms with Crippen LogP contribution in [0.5, 0.6) is 0 Å². The summed E-state index contributed by atoms with van der Waals surface area (Å²) in [5, 5.41) is 10.5. The van der Waals surface area contributed by atoms with Crippen LogP contribution in [-0.2, 0) is 47.4 Å². The maximum atomic E-state index is 14.1. The predicted octanol–water partition coefficient (Wildman–Crippen LogP) is 3.44. The Hall–Kier alpha value is -1.29. The monoisotopic (exact) mass is 729 g/mol. The lowest BCUT2D eigenvalue weighted by atomic mass is 9.81. The number of hydrogen-bond acceptors (Lipinski definition) is 12. The smallest absolute Gasteiger partial charge is 0.172 e. The molecule has 12 nitrogen and oxygen atoms in total. The summed E-state index contributed by atoms with van der Waals surface area (Å²) >= 11 is 0. The zero-order valence-electron chi connectivity index (χ0n) is 30.8. The number of nitrogens with two attached hydrogens (primary N) is 1. The van der Waals surface area contributed by atoms with E-state index in [1.807, 2.05) is 0 Å². The average Bonchev–Trinajstić information content (AvgIpc) is 3.79. The lowest BCUT2D eigenvalue weighted by molar-refractivity contribution is -0.292. The van der Waals surface area contributed by atoms with Crippen molar-refractivity contribution < 1.29 is 52.5 Å². The van der Waals surface area contributed by atoms with Crippen molar-refractivity contribution in [3.8, 4) is 0 Å². The molecule has 1 spiro atoms. The average molecular weight is 730 g/mol. The number of carbonyl (C=O) groups is 1. The molecule has 0 aromatic heterocycles. The van der Waals surface area contributed by atoms with Crippen LogP contribution in [0.3, 0.4) is 0 Å². The molecule has 0 aromatic carbocycles. The summed E-state index contributed by atoms with van der Waals surface area (Å²) in [6.45, 7) is 11.3. The molecule has 19 atom stereocenters. The lowest BCUT2D eigenvalue weighted by Gasteiger charge is -2.47. The first-order valence-electron chi connectivity index (χ1n) is 20.2. The summed E-state index contributed by atoms with van der Waals surface area (Å²) in [6, 6.07) is 0. The van der Waals surface area contributed by atoms with Crippen LogP contribution < -0.4 is 5.73 Å². The van der Waals surface area contributed by atoms with Crippen molar-refractivity contribution in [1.29, 1.82) is 0 Å². The third-order valence-corrected chi connectivity index (χ3v) is 14.0. The minimum atomic E-state index is -0.780. The SMILES string of the molecule is C=C1C[C@@H]2CC[C@@]34C[C@@H]5O[C@H]6[C@@H](O3)[C@H]3OC(CC[C@@H]3O[C@H]6C5O4)CC(=O)C[C@H]3[C@H](CC4O[C@@H](CCC1O2)C[C@@H](C)C4=C)OC(C[C@H](O)CN)[C@@H]3OC. The summed E-state index contributed by atoms with van der Waals surface area (Å²) in [4.78, 5) is 14.1. The Morgan fingerprint density at radius 3 is 2.38 bits per heavy atom. The predicted molar refractivity (Wildman–Crippen MR) is 186 cm³/mol. The fourth-order valence-corrected chi connectivity index (χ4v) is 11.3. The molecular formula is C40H59NO11. The second-order valence-electron chi connectivity index (χ2n) is 17.4. The molecule has 290 valence electrons. The molecular weight excluding hydrogens is 670 g/mol. The topological polar surface area (TPSA) is 146 Å². The van der Waals surface area contributed by atoms with Crippen molar-refractivity contribution >= 4 is 5.78 Å². The Balaban J connectivity index is 0.994. The van der Waals surface area contributed by atoms with Gasteiger partial charge < -0.3 is 53.5 Å². The zero-order valence-corrected chi connectivity index (χ0v) is 30.8. The van der Waals surface area contributed by atoms with E-state index < -0.39 is 18.0 Å². The summed E-state index contributed by atoms with van der Waals surface area (Å²) in [7, 11) is 1.66. The second-order valence-corrected chi connectivity index (χ2v) is 17.4. The van der Waals surface area contributed by atoms with E-state index in [-0.39, 0.29) is 122 Å². The van der Waals surface area contributed by atoms with Crippen LogP contribution in [0.25, 0.3) is 0 Å². The maximum absolute atomic E-state index is 14.1. The Morgan fingerprint density at radius 1 is 0.808 bits per heavy atom. The molecule has 0 saturated carbocycles. The number of carbonyl (C=O) groups excluding carboxylic acids is 1. The van der Waals surface area contributed by atoms with Gasteiger partial charge in [0.15, 0.2) is 5.79 Å². The van der Waals surface area contributed by atoms with Gasteiger partial charge in [0.1, 0.15) is 36.3 Å². The molecule has 10 saturated heterocycles. The standard InChI is InChI=1S/C40H59NO11/c1-19-11-24-5-7-28-20(2)12-26(45-28)9-10-40-17-33-36(51-40)37-38(50-33)39(52-40)35-29(49-37)8-6-25(47-35)13-22(42)14-27-31(16-30(46-24)21(19)3)48-32(34(27)44-4)15-23(43)18-41/h19,23-39,43H,2-3,5-18,41H2,1,4H3/t19-,23+,24+,25?,26+,27+,28?,29+,30?,31+,32?,33+,34-,35+,36?,37+,38-,39+,40+/m1/s1. The van der Waals surface area contributed by atoms with Gasteiger partial charge in [-0.15, -0.1) is 0 Å². The van der Waals surface area contributed by atoms with Gasteiger partial charge in [-0.3, -0.25) is 4.79 Å². The van der Waals surface area contributed by atoms with Crippen LogP contribution in [0.15, 0.2) is 24.3 Å². The molecule has 5 unspecified atom stereocenters. The molecule has 52 heavy (non-hydrogen) atoms. The molecule has 0 aromatic rings. The van der Waals surface area contributed by atoms with Crippen LogP contribution in [0.1, 0.15) is 90.4 Å². The maximum Gasteiger partial charge on any atom is 0.172 e. The van der Waals surface area contributed by atoms with E-state index in [0.29, 0.717) is 25.7 Å². The van der Waals surface area contributed by atoms with Crippen LogP contribution in [0.2, 0.25) is 0 Å². The highest BCUT2D eigenvalue weighted by Gasteiger charge is 2.68. The number of hydrogen-bond donors (Lipinski definition) is 2. The van der Waals surface area contributed by atoms with Gasteiger partial charge in [-0.2, -0.15) is 0 Å². The summed E-state index contributed by atoms with van der Waals surface area (Å²) in [5.41, 5.74) is 8.01. The van der Waals surface area contributed by atoms with E-state index in [9.17, 15) is 9.90 Å². The highest BCUT2D eigenvalue weighted by molar-refractivity contribution is 5.79. The van der Waals surface area contributed by atoms with Gasteiger partial charge in [0, 0.05) is 58.1 Å². The van der Waals surface area contributed by atoms with E-state index in [2.05, 4.69) is 20.1 Å². The highest BCUT2D eigenvalue weighted by Crippen LogP contribution is 2.54. The Labute approximate surface area is 307 Å². The summed E-state index contributed by atoms with van der Waals surface area (Å²) in [5.74, 6) is -0.619. The molecule has 0 radical (unpaired) electrons. The second kappa shape index (κ2) is 14.3. The molecule has 0 aliphatic carbocycles. The Morgan fingerprint density at radius 2 is 1.56 bits per heavy atom.